The highest BCUT2D eigenvalue weighted by Gasteiger charge is 2.39. The van der Waals surface area contributed by atoms with Crippen LogP contribution in [0.2, 0.25) is 0 Å². The topological polar surface area (TPSA) is 105 Å². The number of carbonyl (C=O) groups is 3. The van der Waals surface area contributed by atoms with Crippen molar-refractivity contribution >= 4 is 23.7 Å². The first-order valence-corrected chi connectivity index (χ1v) is 11.0. The molecule has 1 aliphatic rings. The molecule has 0 spiro atoms. The van der Waals surface area contributed by atoms with Crippen molar-refractivity contribution in [1.29, 1.82) is 0 Å². The summed E-state index contributed by atoms with van der Waals surface area (Å²) in [7, 11) is 0. The number of esters is 1. The van der Waals surface area contributed by atoms with Crippen LogP contribution in [0.25, 0.3) is 0 Å². The Morgan fingerprint density at radius 3 is 2.38 bits per heavy atom. The summed E-state index contributed by atoms with van der Waals surface area (Å²) in [6, 6.07) is 7.37. The first-order valence-electron chi connectivity index (χ1n) is 11.0. The van der Waals surface area contributed by atoms with Crippen LogP contribution < -0.4 is 5.32 Å². The lowest BCUT2D eigenvalue weighted by atomic mass is 9.86. The Morgan fingerprint density at radius 2 is 1.78 bits per heavy atom. The summed E-state index contributed by atoms with van der Waals surface area (Å²) in [5, 5.41) is 11.7. The molecule has 32 heavy (non-hydrogen) atoms. The van der Waals surface area contributed by atoms with Crippen LogP contribution in [0.5, 0.6) is 0 Å². The molecule has 1 fully saturated rings. The highest BCUT2D eigenvalue weighted by molar-refractivity contribution is 5.75. The third kappa shape index (κ3) is 8.40. The minimum absolute atomic E-state index is 0.0620. The van der Waals surface area contributed by atoms with Crippen molar-refractivity contribution < 1.29 is 29.0 Å². The summed E-state index contributed by atoms with van der Waals surface area (Å²) in [6.45, 7) is 11.7. The summed E-state index contributed by atoms with van der Waals surface area (Å²) in [5.41, 5.74) is 0.369. The molecule has 0 saturated carbocycles. The summed E-state index contributed by atoms with van der Waals surface area (Å²) in [4.78, 5) is 38.1. The van der Waals surface area contributed by atoms with E-state index < -0.39 is 23.1 Å². The van der Waals surface area contributed by atoms with Gasteiger partial charge in [0.05, 0.1) is 5.92 Å². The lowest BCUT2D eigenvalue weighted by Gasteiger charge is -2.28. The highest BCUT2D eigenvalue weighted by Crippen LogP contribution is 2.31. The van der Waals surface area contributed by atoms with Crippen LogP contribution in [0.15, 0.2) is 24.3 Å². The Morgan fingerprint density at radius 1 is 1.12 bits per heavy atom. The van der Waals surface area contributed by atoms with Gasteiger partial charge in [-0.2, -0.15) is 0 Å². The van der Waals surface area contributed by atoms with E-state index in [1.54, 1.807) is 11.0 Å². The molecule has 0 aromatic heterocycles. The number of carboxylic acid groups (broad SMARTS) is 1. The molecular weight excluding hydrogens is 412 g/mol. The van der Waals surface area contributed by atoms with Gasteiger partial charge in [-0.3, -0.25) is 9.59 Å². The van der Waals surface area contributed by atoms with Gasteiger partial charge in [-0.05, 0) is 78.0 Å². The minimum Gasteiger partial charge on any atom is -0.480 e. The summed E-state index contributed by atoms with van der Waals surface area (Å²) < 4.78 is 11.2. The summed E-state index contributed by atoms with van der Waals surface area (Å²) >= 11 is 0. The number of carbonyl (C=O) groups excluding carboxylic acids is 2. The van der Waals surface area contributed by atoms with Crippen molar-refractivity contribution in [1.82, 2.24) is 4.90 Å². The molecule has 0 bridgehead atoms. The fourth-order valence-corrected chi connectivity index (χ4v) is 3.67. The quantitative estimate of drug-likeness (QED) is 0.609. The number of aliphatic carboxylic acids is 1. The van der Waals surface area contributed by atoms with Crippen LogP contribution in [-0.4, -0.2) is 58.9 Å². The molecule has 2 N–H and O–H groups in total. The maximum Gasteiger partial charge on any atom is 0.410 e. The SMILES string of the molecule is CC(C)(C)OC(=O)[C@@H](Cc1cccc(NCC(=O)O)c1)[C@H]1CCN(C(=O)OC(C)(C)C)C1. The predicted molar refractivity (Wildman–Crippen MR) is 122 cm³/mol. The van der Waals surface area contributed by atoms with Gasteiger partial charge in [0.15, 0.2) is 0 Å². The second-order valence-corrected chi connectivity index (χ2v) is 10.3. The van der Waals surface area contributed by atoms with E-state index >= 15 is 0 Å². The number of carboxylic acids is 1. The Bertz CT molecular complexity index is 825. The van der Waals surface area contributed by atoms with E-state index in [4.69, 9.17) is 14.6 Å². The van der Waals surface area contributed by atoms with E-state index in [0.717, 1.165) is 5.56 Å². The molecule has 8 nitrogen and oxygen atoms in total. The van der Waals surface area contributed by atoms with E-state index in [-0.39, 0.29) is 24.5 Å². The number of amides is 1. The first kappa shape index (κ1) is 25.5. The van der Waals surface area contributed by atoms with Gasteiger partial charge in [0.25, 0.3) is 0 Å². The third-order valence-corrected chi connectivity index (χ3v) is 4.98. The number of anilines is 1. The van der Waals surface area contributed by atoms with E-state index in [1.807, 2.05) is 59.7 Å². The summed E-state index contributed by atoms with van der Waals surface area (Å²) in [5.74, 6) is -1.74. The molecule has 1 aliphatic heterocycles. The van der Waals surface area contributed by atoms with E-state index in [2.05, 4.69) is 5.32 Å². The molecular formula is C24H36N2O6. The fourth-order valence-electron chi connectivity index (χ4n) is 3.67. The Hall–Kier alpha value is -2.77. The molecule has 2 atom stereocenters. The van der Waals surface area contributed by atoms with Gasteiger partial charge < -0.3 is 24.8 Å². The van der Waals surface area contributed by atoms with Gasteiger partial charge in [0.2, 0.25) is 0 Å². The second-order valence-electron chi connectivity index (χ2n) is 10.3. The largest absolute Gasteiger partial charge is 0.480 e. The van der Waals surface area contributed by atoms with Crippen LogP contribution in [0, 0.1) is 11.8 Å². The van der Waals surface area contributed by atoms with Crippen molar-refractivity contribution in [2.45, 2.75) is 65.6 Å². The molecule has 0 aliphatic carbocycles. The lowest BCUT2D eigenvalue weighted by molar-refractivity contribution is -0.162. The van der Waals surface area contributed by atoms with Crippen LogP contribution in [-0.2, 0) is 25.5 Å². The van der Waals surface area contributed by atoms with Gasteiger partial charge >= 0.3 is 18.0 Å². The molecule has 1 aromatic carbocycles. The molecule has 0 unspecified atom stereocenters. The Balaban J connectivity index is 2.17. The Kier molecular flexibility index (Phi) is 8.15. The molecule has 1 saturated heterocycles. The molecule has 1 amide bonds. The molecule has 1 aromatic rings. The van der Waals surface area contributed by atoms with Gasteiger partial charge in [-0.1, -0.05) is 12.1 Å². The van der Waals surface area contributed by atoms with Crippen LogP contribution in [0.3, 0.4) is 0 Å². The first-order chi connectivity index (χ1) is 14.7. The van der Waals surface area contributed by atoms with Crippen molar-refractivity contribution in [2.24, 2.45) is 11.8 Å². The maximum absolute atomic E-state index is 13.1. The second kappa shape index (κ2) is 10.2. The average molecular weight is 449 g/mol. The highest BCUT2D eigenvalue weighted by atomic mass is 16.6. The number of benzene rings is 1. The standard InChI is InChI=1S/C24H36N2O6/c1-23(2,3)31-21(29)19(13-16-8-7-9-18(12-16)25-14-20(27)28)17-10-11-26(15-17)22(30)32-24(4,5)6/h7-9,12,17,19,25H,10-11,13-15H2,1-6H3,(H,27,28)/t17-,19-/m0/s1. The van der Waals surface area contributed by atoms with Gasteiger partial charge in [-0.25, -0.2) is 4.79 Å². The molecule has 2 rings (SSSR count). The zero-order valence-electron chi connectivity index (χ0n) is 19.9. The fraction of sp³-hybridized carbons (Fsp3) is 0.625. The predicted octanol–water partition coefficient (Wildman–Crippen LogP) is 3.94. The smallest absolute Gasteiger partial charge is 0.410 e. The monoisotopic (exact) mass is 448 g/mol. The van der Waals surface area contributed by atoms with Crippen molar-refractivity contribution in [3.63, 3.8) is 0 Å². The molecule has 1 heterocycles. The van der Waals surface area contributed by atoms with E-state index in [9.17, 15) is 14.4 Å². The van der Waals surface area contributed by atoms with E-state index in [1.165, 1.54) is 0 Å². The van der Waals surface area contributed by atoms with Gasteiger partial charge in [0, 0.05) is 18.8 Å². The molecule has 0 radical (unpaired) electrons. The van der Waals surface area contributed by atoms with Crippen molar-refractivity contribution in [3.05, 3.63) is 29.8 Å². The number of ether oxygens (including phenoxy) is 2. The number of rotatable bonds is 7. The third-order valence-electron chi connectivity index (χ3n) is 4.98. The minimum atomic E-state index is -0.949. The van der Waals surface area contributed by atoms with Gasteiger partial charge in [0.1, 0.15) is 17.7 Å². The summed E-state index contributed by atoms with van der Waals surface area (Å²) in [6.07, 6.45) is 0.743. The number of likely N-dealkylation sites (tertiary alicyclic amines) is 1. The molecule has 8 heteroatoms. The maximum atomic E-state index is 13.1. The van der Waals surface area contributed by atoms with E-state index in [0.29, 0.717) is 31.6 Å². The number of hydrogen-bond donors (Lipinski definition) is 2. The normalized spacial score (nSPS) is 17.6. The Labute approximate surface area is 190 Å². The number of nitrogens with one attached hydrogen (secondary N) is 1. The van der Waals surface area contributed by atoms with Crippen LogP contribution >= 0.6 is 0 Å². The zero-order chi connectivity index (χ0) is 24.1. The van der Waals surface area contributed by atoms with Crippen molar-refractivity contribution in [3.8, 4) is 0 Å². The van der Waals surface area contributed by atoms with Gasteiger partial charge in [-0.15, -0.1) is 0 Å². The number of hydrogen-bond acceptors (Lipinski definition) is 6. The van der Waals surface area contributed by atoms with Crippen molar-refractivity contribution in [2.75, 3.05) is 25.0 Å². The van der Waals surface area contributed by atoms with Crippen LogP contribution in [0.4, 0.5) is 10.5 Å². The van der Waals surface area contributed by atoms with Crippen LogP contribution in [0.1, 0.15) is 53.5 Å². The average Bonchev–Trinajstić information content (AvgIpc) is 3.12. The number of nitrogens with zero attached hydrogens (tertiary/aromatic N) is 1. The lowest BCUT2D eigenvalue weighted by Crippen LogP contribution is -2.38. The molecule has 178 valence electrons. The zero-order valence-corrected chi connectivity index (χ0v) is 19.9.